The van der Waals surface area contributed by atoms with E-state index in [1.165, 1.54) is 0 Å². The lowest BCUT2D eigenvalue weighted by molar-refractivity contribution is -0.140. The second-order valence-electron chi connectivity index (χ2n) is 4.72. The van der Waals surface area contributed by atoms with Crippen molar-refractivity contribution >= 4 is 33.7 Å². The largest absolute Gasteiger partial charge is 0.480 e. The molecule has 1 fully saturated rings. The first kappa shape index (κ1) is 14.6. The predicted octanol–water partition coefficient (Wildman–Crippen LogP) is 0.644. The minimum Gasteiger partial charge on any atom is -0.480 e. The van der Waals surface area contributed by atoms with Crippen LogP contribution < -0.4 is 11.1 Å². The Labute approximate surface area is 123 Å². The topological polar surface area (TPSA) is 114 Å². The van der Waals surface area contributed by atoms with E-state index in [9.17, 15) is 14.4 Å². The molecule has 0 aliphatic heterocycles. The number of nitrogens with two attached hydrogens (primary N) is 1. The van der Waals surface area contributed by atoms with Crippen LogP contribution in [0.25, 0.3) is 0 Å². The number of carboxylic acids is 1. The molecule has 2 amide bonds. The molecule has 0 aromatic carbocycles. The minimum absolute atomic E-state index is 0.279. The van der Waals surface area contributed by atoms with Crippen molar-refractivity contribution in [1.29, 1.82) is 0 Å². The van der Waals surface area contributed by atoms with Crippen LogP contribution >= 0.6 is 15.9 Å². The van der Waals surface area contributed by atoms with Gasteiger partial charge in [0, 0.05) is 16.7 Å². The zero-order valence-electron chi connectivity index (χ0n) is 10.5. The normalized spacial score (nSPS) is 15.7. The highest BCUT2D eigenvalue weighted by atomic mass is 79.9. The van der Waals surface area contributed by atoms with Gasteiger partial charge in [-0.3, -0.25) is 9.59 Å². The molecule has 1 aromatic heterocycles. The van der Waals surface area contributed by atoms with E-state index in [-0.39, 0.29) is 6.04 Å². The number of aromatic nitrogens is 1. The predicted molar refractivity (Wildman–Crippen MR) is 73.1 cm³/mol. The summed E-state index contributed by atoms with van der Waals surface area (Å²) < 4.78 is 2.55. The molecule has 20 heavy (non-hydrogen) atoms. The number of carbonyl (C=O) groups excluding carboxylic acids is 2. The van der Waals surface area contributed by atoms with Gasteiger partial charge in [0.25, 0.3) is 5.91 Å². The average molecular weight is 344 g/mol. The Morgan fingerprint density at radius 2 is 2.15 bits per heavy atom. The van der Waals surface area contributed by atoms with Gasteiger partial charge in [-0.2, -0.15) is 0 Å². The number of primary amides is 1. The molecule has 1 aliphatic carbocycles. The van der Waals surface area contributed by atoms with Gasteiger partial charge in [0.2, 0.25) is 5.91 Å². The first-order chi connectivity index (χ1) is 9.38. The number of halogens is 1. The fourth-order valence-corrected chi connectivity index (χ4v) is 2.35. The number of carboxylic acid groups (broad SMARTS) is 1. The van der Waals surface area contributed by atoms with Gasteiger partial charge < -0.3 is 20.7 Å². The van der Waals surface area contributed by atoms with Crippen LogP contribution in [0, 0.1) is 0 Å². The van der Waals surface area contributed by atoms with Crippen LogP contribution in [0.5, 0.6) is 0 Å². The van der Waals surface area contributed by atoms with Crippen molar-refractivity contribution in [3.63, 3.8) is 0 Å². The molecule has 4 N–H and O–H groups in total. The van der Waals surface area contributed by atoms with Gasteiger partial charge in [0.1, 0.15) is 11.7 Å². The Morgan fingerprint density at radius 1 is 1.50 bits per heavy atom. The number of hydrogen-bond donors (Lipinski definition) is 3. The van der Waals surface area contributed by atoms with E-state index in [1.807, 2.05) is 4.57 Å². The summed E-state index contributed by atoms with van der Waals surface area (Å²) in [6.07, 6.45) is 3.33. The lowest BCUT2D eigenvalue weighted by atomic mass is 10.2. The summed E-state index contributed by atoms with van der Waals surface area (Å²) in [6, 6.07) is 0.583. The standard InChI is InChI=1S/C12H14BrN3O4/c13-6-3-9(16(5-6)7-1-2-7)11(18)15-8(12(19)20)4-10(14)17/h3,5,7-8H,1-2,4H2,(H2,14,17)(H,15,18)(H,19,20)/t8-/m0/s1. The molecule has 0 unspecified atom stereocenters. The van der Waals surface area contributed by atoms with E-state index in [2.05, 4.69) is 21.2 Å². The molecule has 7 nitrogen and oxygen atoms in total. The van der Waals surface area contributed by atoms with E-state index in [0.29, 0.717) is 5.69 Å². The molecule has 1 aromatic rings. The summed E-state index contributed by atoms with van der Waals surface area (Å²) in [5.41, 5.74) is 5.34. The zero-order valence-corrected chi connectivity index (χ0v) is 12.1. The molecule has 0 bridgehead atoms. The van der Waals surface area contributed by atoms with E-state index >= 15 is 0 Å². The number of amides is 2. The highest BCUT2D eigenvalue weighted by Crippen LogP contribution is 2.37. The zero-order chi connectivity index (χ0) is 14.9. The molecule has 2 rings (SSSR count). The highest BCUT2D eigenvalue weighted by molar-refractivity contribution is 9.10. The Hall–Kier alpha value is -1.83. The summed E-state index contributed by atoms with van der Waals surface area (Å²) in [5.74, 6) is -2.60. The first-order valence-corrected chi connectivity index (χ1v) is 6.87. The lowest BCUT2D eigenvalue weighted by Crippen LogP contribution is -2.43. The van der Waals surface area contributed by atoms with E-state index in [1.54, 1.807) is 12.3 Å². The fraction of sp³-hybridized carbons (Fsp3) is 0.417. The van der Waals surface area contributed by atoms with Crippen LogP contribution in [0.2, 0.25) is 0 Å². The number of rotatable bonds is 6. The molecule has 108 valence electrons. The number of carbonyl (C=O) groups is 3. The van der Waals surface area contributed by atoms with E-state index in [4.69, 9.17) is 10.8 Å². The van der Waals surface area contributed by atoms with Crippen molar-refractivity contribution in [2.24, 2.45) is 5.73 Å². The van der Waals surface area contributed by atoms with Gasteiger partial charge in [0.15, 0.2) is 0 Å². The quantitative estimate of drug-likeness (QED) is 0.703. The van der Waals surface area contributed by atoms with Crippen molar-refractivity contribution in [3.8, 4) is 0 Å². The van der Waals surface area contributed by atoms with E-state index in [0.717, 1.165) is 17.3 Å². The highest BCUT2D eigenvalue weighted by Gasteiger charge is 2.29. The van der Waals surface area contributed by atoms with Crippen LogP contribution in [-0.4, -0.2) is 33.5 Å². The molecule has 1 heterocycles. The van der Waals surface area contributed by atoms with Gasteiger partial charge >= 0.3 is 5.97 Å². The Bertz CT molecular complexity index is 565. The van der Waals surface area contributed by atoms with Crippen LogP contribution in [-0.2, 0) is 9.59 Å². The van der Waals surface area contributed by atoms with E-state index < -0.39 is 30.2 Å². The maximum Gasteiger partial charge on any atom is 0.326 e. The summed E-state index contributed by atoms with van der Waals surface area (Å²) in [6.45, 7) is 0. The third-order valence-corrected chi connectivity index (χ3v) is 3.43. The van der Waals surface area contributed by atoms with Crippen LogP contribution in [0.15, 0.2) is 16.7 Å². The van der Waals surface area contributed by atoms with Gasteiger partial charge in [-0.1, -0.05) is 0 Å². The fourth-order valence-electron chi connectivity index (χ4n) is 1.92. The maximum atomic E-state index is 12.1. The van der Waals surface area contributed by atoms with Crippen LogP contribution in [0.4, 0.5) is 0 Å². The van der Waals surface area contributed by atoms with Crippen molar-refractivity contribution in [2.75, 3.05) is 0 Å². The third-order valence-electron chi connectivity index (χ3n) is 3.00. The van der Waals surface area contributed by atoms with Crippen molar-refractivity contribution in [3.05, 3.63) is 22.4 Å². The second kappa shape index (κ2) is 5.66. The molecule has 0 radical (unpaired) electrons. The summed E-state index contributed by atoms with van der Waals surface area (Å²) >= 11 is 3.29. The number of nitrogens with one attached hydrogen (secondary N) is 1. The summed E-state index contributed by atoms with van der Waals surface area (Å²) in [5, 5.41) is 11.3. The third kappa shape index (κ3) is 3.38. The molecule has 0 saturated heterocycles. The van der Waals surface area contributed by atoms with Crippen LogP contribution in [0.3, 0.4) is 0 Å². The van der Waals surface area contributed by atoms with Gasteiger partial charge in [-0.05, 0) is 34.8 Å². The molecule has 8 heteroatoms. The Balaban J connectivity index is 2.14. The van der Waals surface area contributed by atoms with Crippen molar-refractivity contribution < 1.29 is 19.5 Å². The molecular formula is C12H14BrN3O4. The first-order valence-electron chi connectivity index (χ1n) is 6.08. The van der Waals surface area contributed by atoms with Gasteiger partial charge in [-0.25, -0.2) is 4.79 Å². The number of nitrogens with zero attached hydrogens (tertiary/aromatic N) is 1. The minimum atomic E-state index is -1.32. The maximum absolute atomic E-state index is 12.1. The molecule has 0 spiro atoms. The Morgan fingerprint density at radius 3 is 2.65 bits per heavy atom. The smallest absolute Gasteiger partial charge is 0.326 e. The summed E-state index contributed by atoms with van der Waals surface area (Å²) in [7, 11) is 0. The molecule has 1 aliphatic rings. The number of hydrogen-bond acceptors (Lipinski definition) is 3. The van der Waals surface area contributed by atoms with Gasteiger partial charge in [0.05, 0.1) is 6.42 Å². The Kier molecular flexibility index (Phi) is 4.12. The average Bonchev–Trinajstić information content (AvgIpc) is 3.10. The molecular weight excluding hydrogens is 330 g/mol. The SMILES string of the molecule is NC(=O)C[C@H](NC(=O)c1cc(Br)cn1C1CC1)C(=O)O. The second-order valence-corrected chi connectivity index (χ2v) is 5.63. The van der Waals surface area contributed by atoms with Crippen molar-refractivity contribution in [2.45, 2.75) is 31.3 Å². The lowest BCUT2D eigenvalue weighted by Gasteiger charge is -2.14. The number of aliphatic carboxylic acids is 1. The molecule has 1 atom stereocenters. The van der Waals surface area contributed by atoms with Gasteiger partial charge in [-0.15, -0.1) is 0 Å². The monoisotopic (exact) mass is 343 g/mol. The molecule has 1 saturated carbocycles. The van der Waals surface area contributed by atoms with Crippen LogP contribution in [0.1, 0.15) is 35.8 Å². The van der Waals surface area contributed by atoms with Crippen molar-refractivity contribution in [1.82, 2.24) is 9.88 Å². The summed E-state index contributed by atoms with van der Waals surface area (Å²) in [4.78, 5) is 34.0.